The van der Waals surface area contributed by atoms with Crippen LogP contribution in [0.1, 0.15) is 11.1 Å². The molecule has 3 N–H and O–H groups in total. The highest BCUT2D eigenvalue weighted by molar-refractivity contribution is 5.53. The summed E-state index contributed by atoms with van der Waals surface area (Å²) in [6.45, 7) is 6.62. The highest BCUT2D eigenvalue weighted by atomic mass is 19.1. The summed E-state index contributed by atoms with van der Waals surface area (Å²) in [6, 6.07) is 3.29. The van der Waals surface area contributed by atoms with Crippen molar-refractivity contribution in [3.63, 3.8) is 0 Å². The molecule has 1 aliphatic rings. The number of nitrogens with one attached hydrogen (secondary N) is 1. The number of halogens is 1. The average molecular weight is 223 g/mol. The van der Waals surface area contributed by atoms with Gasteiger partial charge in [0.15, 0.2) is 0 Å². The molecule has 0 bridgehead atoms. The Labute approximate surface area is 95.4 Å². The third-order valence-electron chi connectivity index (χ3n) is 3.14. The van der Waals surface area contributed by atoms with E-state index in [0.29, 0.717) is 11.3 Å². The molecule has 1 saturated heterocycles. The van der Waals surface area contributed by atoms with Gasteiger partial charge in [-0.2, -0.15) is 0 Å². The maximum Gasteiger partial charge on any atom is 0.128 e. The van der Waals surface area contributed by atoms with Crippen molar-refractivity contribution < 1.29 is 4.39 Å². The van der Waals surface area contributed by atoms with E-state index in [1.54, 1.807) is 13.0 Å². The molecule has 1 aromatic carbocycles. The van der Waals surface area contributed by atoms with E-state index in [9.17, 15) is 4.39 Å². The first-order valence-electron chi connectivity index (χ1n) is 5.65. The van der Waals surface area contributed by atoms with Crippen molar-refractivity contribution in [1.29, 1.82) is 0 Å². The summed E-state index contributed by atoms with van der Waals surface area (Å²) in [5, 5.41) is 3.30. The lowest BCUT2D eigenvalue weighted by Gasteiger charge is -2.27. The Morgan fingerprint density at radius 3 is 2.75 bits per heavy atom. The molecule has 3 nitrogen and oxygen atoms in total. The van der Waals surface area contributed by atoms with Gasteiger partial charge in [0.2, 0.25) is 0 Å². The standard InChI is InChI=1S/C12H18FN3/c1-9-11(13)3-2-10(12(9)14)8-16-6-4-15-5-7-16/h2-3,15H,4-8,14H2,1H3. The topological polar surface area (TPSA) is 41.3 Å². The summed E-state index contributed by atoms with van der Waals surface area (Å²) in [4.78, 5) is 2.33. The van der Waals surface area contributed by atoms with Crippen molar-refractivity contribution in [1.82, 2.24) is 10.2 Å². The first-order valence-corrected chi connectivity index (χ1v) is 5.65. The van der Waals surface area contributed by atoms with E-state index in [-0.39, 0.29) is 5.82 Å². The highest BCUT2D eigenvalue weighted by Crippen LogP contribution is 2.21. The Hall–Kier alpha value is -1.13. The van der Waals surface area contributed by atoms with E-state index in [1.165, 1.54) is 6.07 Å². The van der Waals surface area contributed by atoms with Crippen LogP contribution in [-0.2, 0) is 6.54 Å². The van der Waals surface area contributed by atoms with Crippen molar-refractivity contribution in [2.75, 3.05) is 31.9 Å². The van der Waals surface area contributed by atoms with Crippen LogP contribution < -0.4 is 11.1 Å². The Bertz CT molecular complexity index is 373. The van der Waals surface area contributed by atoms with Gasteiger partial charge in [0.05, 0.1) is 0 Å². The number of nitrogens with two attached hydrogens (primary N) is 1. The molecule has 0 radical (unpaired) electrons. The van der Waals surface area contributed by atoms with Crippen LogP contribution in [-0.4, -0.2) is 31.1 Å². The summed E-state index contributed by atoms with van der Waals surface area (Å²) in [5.74, 6) is -0.221. The molecule has 0 atom stereocenters. The summed E-state index contributed by atoms with van der Waals surface area (Å²) in [5.41, 5.74) is 8.11. The minimum Gasteiger partial charge on any atom is -0.398 e. The smallest absolute Gasteiger partial charge is 0.128 e. The van der Waals surface area contributed by atoms with E-state index in [2.05, 4.69) is 10.2 Å². The Morgan fingerprint density at radius 1 is 1.38 bits per heavy atom. The second kappa shape index (κ2) is 4.80. The van der Waals surface area contributed by atoms with Crippen molar-refractivity contribution in [3.8, 4) is 0 Å². The van der Waals surface area contributed by atoms with E-state index in [0.717, 1.165) is 38.3 Å². The van der Waals surface area contributed by atoms with Crippen LogP contribution in [0.4, 0.5) is 10.1 Å². The van der Waals surface area contributed by atoms with Crippen molar-refractivity contribution in [2.45, 2.75) is 13.5 Å². The second-order valence-corrected chi connectivity index (χ2v) is 4.27. The van der Waals surface area contributed by atoms with E-state index in [1.807, 2.05) is 0 Å². The first kappa shape index (κ1) is 11.4. The largest absolute Gasteiger partial charge is 0.398 e. The number of benzene rings is 1. The lowest BCUT2D eigenvalue weighted by atomic mass is 10.1. The number of rotatable bonds is 2. The SMILES string of the molecule is Cc1c(F)ccc(CN2CCNCC2)c1N. The fourth-order valence-electron chi connectivity index (χ4n) is 2.01. The predicted molar refractivity (Wildman–Crippen MR) is 63.7 cm³/mol. The Kier molecular flexibility index (Phi) is 3.41. The third kappa shape index (κ3) is 2.33. The Morgan fingerprint density at radius 2 is 2.06 bits per heavy atom. The van der Waals surface area contributed by atoms with Gasteiger partial charge in [0.25, 0.3) is 0 Å². The molecule has 0 amide bonds. The lowest BCUT2D eigenvalue weighted by Crippen LogP contribution is -2.43. The third-order valence-corrected chi connectivity index (χ3v) is 3.14. The summed E-state index contributed by atoms with van der Waals surface area (Å²) >= 11 is 0. The molecule has 0 unspecified atom stereocenters. The van der Waals surface area contributed by atoms with Crippen molar-refractivity contribution in [3.05, 3.63) is 29.1 Å². The van der Waals surface area contributed by atoms with Gasteiger partial charge in [-0.3, -0.25) is 4.90 Å². The van der Waals surface area contributed by atoms with Gasteiger partial charge in [-0.15, -0.1) is 0 Å². The second-order valence-electron chi connectivity index (χ2n) is 4.27. The van der Waals surface area contributed by atoms with Crippen LogP contribution in [0.25, 0.3) is 0 Å². The summed E-state index contributed by atoms with van der Waals surface area (Å²) in [7, 11) is 0. The van der Waals surface area contributed by atoms with Crippen LogP contribution in [0.2, 0.25) is 0 Å². The minimum absolute atomic E-state index is 0.221. The van der Waals surface area contributed by atoms with Gasteiger partial charge < -0.3 is 11.1 Å². The van der Waals surface area contributed by atoms with Gasteiger partial charge in [0, 0.05) is 44.0 Å². The van der Waals surface area contributed by atoms with Crippen molar-refractivity contribution >= 4 is 5.69 Å². The van der Waals surface area contributed by atoms with Crippen LogP contribution >= 0.6 is 0 Å². The number of nitrogen functional groups attached to an aromatic ring is 1. The molecular weight excluding hydrogens is 205 g/mol. The lowest BCUT2D eigenvalue weighted by molar-refractivity contribution is 0.233. The molecule has 2 rings (SSSR count). The van der Waals surface area contributed by atoms with Gasteiger partial charge in [-0.1, -0.05) is 6.07 Å². The van der Waals surface area contributed by atoms with Gasteiger partial charge in [-0.25, -0.2) is 4.39 Å². The monoisotopic (exact) mass is 223 g/mol. The van der Waals surface area contributed by atoms with Crippen LogP contribution in [0, 0.1) is 12.7 Å². The number of piperazine rings is 1. The fraction of sp³-hybridized carbons (Fsp3) is 0.500. The van der Waals surface area contributed by atoms with Gasteiger partial charge in [0.1, 0.15) is 5.82 Å². The van der Waals surface area contributed by atoms with E-state index >= 15 is 0 Å². The zero-order valence-electron chi connectivity index (χ0n) is 9.59. The Balaban J connectivity index is 2.11. The molecule has 4 heteroatoms. The first-order chi connectivity index (χ1) is 7.68. The zero-order chi connectivity index (χ0) is 11.5. The number of nitrogens with zero attached hydrogens (tertiary/aromatic N) is 1. The number of hydrogen-bond acceptors (Lipinski definition) is 3. The average Bonchev–Trinajstić information content (AvgIpc) is 2.31. The number of hydrogen-bond donors (Lipinski definition) is 2. The van der Waals surface area contributed by atoms with Gasteiger partial charge in [-0.05, 0) is 18.6 Å². The molecule has 1 aliphatic heterocycles. The number of anilines is 1. The van der Waals surface area contributed by atoms with Crippen LogP contribution in [0.15, 0.2) is 12.1 Å². The van der Waals surface area contributed by atoms with Gasteiger partial charge >= 0.3 is 0 Å². The van der Waals surface area contributed by atoms with E-state index < -0.39 is 0 Å². The quantitative estimate of drug-likeness (QED) is 0.738. The van der Waals surface area contributed by atoms with Crippen LogP contribution in [0.5, 0.6) is 0 Å². The van der Waals surface area contributed by atoms with Crippen LogP contribution in [0.3, 0.4) is 0 Å². The summed E-state index contributed by atoms with van der Waals surface area (Å²) < 4.78 is 13.2. The van der Waals surface area contributed by atoms with E-state index in [4.69, 9.17) is 5.73 Å². The predicted octanol–water partition coefficient (Wildman–Crippen LogP) is 1.12. The molecule has 0 aliphatic carbocycles. The summed E-state index contributed by atoms with van der Waals surface area (Å²) in [6.07, 6.45) is 0. The minimum atomic E-state index is -0.221. The molecule has 1 fully saturated rings. The molecule has 1 heterocycles. The molecule has 0 spiro atoms. The highest BCUT2D eigenvalue weighted by Gasteiger charge is 2.13. The zero-order valence-corrected chi connectivity index (χ0v) is 9.59. The van der Waals surface area contributed by atoms with Crippen molar-refractivity contribution in [2.24, 2.45) is 0 Å². The molecule has 16 heavy (non-hydrogen) atoms. The molecule has 0 saturated carbocycles. The maximum atomic E-state index is 13.2. The molecule has 88 valence electrons. The molecular formula is C12H18FN3. The fourth-order valence-corrected chi connectivity index (χ4v) is 2.01. The molecule has 1 aromatic rings. The normalized spacial score (nSPS) is 17.6. The maximum absolute atomic E-state index is 13.2. The molecule has 0 aromatic heterocycles.